The van der Waals surface area contributed by atoms with Crippen LogP contribution in [0.1, 0.15) is 21.7 Å². The molecule has 0 atom stereocenters. The first-order valence-electron chi connectivity index (χ1n) is 5.90. The molecule has 3 nitrogen and oxygen atoms in total. The number of amides is 1. The van der Waals surface area contributed by atoms with Gasteiger partial charge in [-0.25, -0.2) is 4.98 Å². The highest BCUT2D eigenvalue weighted by molar-refractivity contribution is 5.92. The smallest absolute Gasteiger partial charge is 0.272 e. The Kier molecular flexibility index (Phi) is 3.72. The summed E-state index contributed by atoms with van der Waals surface area (Å²) in [5.74, 6) is -0.0532. The fraction of sp³-hybridized carbons (Fsp3) is 0.200. The minimum Gasteiger partial charge on any atom is -0.336 e. The standard InChI is InChI=1S/C15H16N2O/c1-12-7-6-10-14(16-12)15(18)17(2)11-13-8-4-3-5-9-13/h3-10H,11H2,1-2H3. The molecule has 2 rings (SSSR count). The second-order valence-electron chi connectivity index (χ2n) is 4.31. The normalized spacial score (nSPS) is 10.1. The summed E-state index contributed by atoms with van der Waals surface area (Å²) in [7, 11) is 1.79. The predicted octanol–water partition coefficient (Wildman–Crippen LogP) is 2.66. The summed E-state index contributed by atoms with van der Waals surface area (Å²) < 4.78 is 0. The highest BCUT2D eigenvalue weighted by Crippen LogP contribution is 2.07. The van der Waals surface area contributed by atoms with Gasteiger partial charge in [0, 0.05) is 19.3 Å². The van der Waals surface area contributed by atoms with Gasteiger partial charge in [-0.3, -0.25) is 4.79 Å². The van der Waals surface area contributed by atoms with Crippen LogP contribution in [0.2, 0.25) is 0 Å². The van der Waals surface area contributed by atoms with E-state index in [1.54, 1.807) is 18.0 Å². The lowest BCUT2D eigenvalue weighted by Crippen LogP contribution is -2.27. The molecular formula is C15H16N2O. The van der Waals surface area contributed by atoms with Crippen molar-refractivity contribution in [3.8, 4) is 0 Å². The average Bonchev–Trinajstić information content (AvgIpc) is 2.39. The van der Waals surface area contributed by atoms with Gasteiger partial charge < -0.3 is 4.90 Å². The maximum absolute atomic E-state index is 12.2. The number of benzene rings is 1. The van der Waals surface area contributed by atoms with Gasteiger partial charge in [-0.05, 0) is 24.6 Å². The second-order valence-corrected chi connectivity index (χ2v) is 4.31. The number of rotatable bonds is 3. The van der Waals surface area contributed by atoms with E-state index in [0.29, 0.717) is 12.2 Å². The third kappa shape index (κ3) is 2.94. The number of carbonyl (C=O) groups excluding carboxylic acids is 1. The molecule has 0 aliphatic carbocycles. The Labute approximate surface area is 107 Å². The molecule has 0 spiro atoms. The molecule has 18 heavy (non-hydrogen) atoms. The zero-order valence-electron chi connectivity index (χ0n) is 10.6. The molecule has 3 heteroatoms. The number of nitrogens with zero attached hydrogens (tertiary/aromatic N) is 2. The van der Waals surface area contributed by atoms with Crippen molar-refractivity contribution in [3.05, 3.63) is 65.5 Å². The molecule has 1 aromatic carbocycles. The first kappa shape index (κ1) is 12.3. The van der Waals surface area contributed by atoms with Crippen LogP contribution >= 0.6 is 0 Å². The van der Waals surface area contributed by atoms with Gasteiger partial charge in [0.1, 0.15) is 5.69 Å². The summed E-state index contributed by atoms with van der Waals surface area (Å²) in [5.41, 5.74) is 2.46. The zero-order chi connectivity index (χ0) is 13.0. The molecule has 0 aliphatic rings. The first-order chi connectivity index (χ1) is 8.66. The van der Waals surface area contributed by atoms with E-state index in [4.69, 9.17) is 0 Å². The first-order valence-corrected chi connectivity index (χ1v) is 5.90. The monoisotopic (exact) mass is 240 g/mol. The van der Waals surface area contributed by atoms with Crippen LogP contribution in [0.25, 0.3) is 0 Å². The number of carbonyl (C=O) groups is 1. The quantitative estimate of drug-likeness (QED) is 0.826. The molecule has 1 heterocycles. The Hall–Kier alpha value is -2.16. The third-order valence-corrected chi connectivity index (χ3v) is 2.72. The van der Waals surface area contributed by atoms with Crippen LogP contribution in [-0.2, 0) is 6.54 Å². The van der Waals surface area contributed by atoms with Gasteiger partial charge in [0.25, 0.3) is 5.91 Å². The molecule has 0 fully saturated rings. The minimum absolute atomic E-state index is 0.0532. The molecule has 0 unspecified atom stereocenters. The summed E-state index contributed by atoms with van der Waals surface area (Å²) >= 11 is 0. The molecule has 0 radical (unpaired) electrons. The van der Waals surface area contributed by atoms with Crippen LogP contribution in [0.5, 0.6) is 0 Å². The molecule has 1 aromatic heterocycles. The fourth-order valence-electron chi connectivity index (χ4n) is 1.79. The van der Waals surface area contributed by atoms with Gasteiger partial charge in [0.15, 0.2) is 0 Å². The third-order valence-electron chi connectivity index (χ3n) is 2.72. The SMILES string of the molecule is Cc1cccc(C(=O)N(C)Cc2ccccc2)n1. The maximum atomic E-state index is 12.2. The number of aromatic nitrogens is 1. The molecule has 92 valence electrons. The summed E-state index contributed by atoms with van der Waals surface area (Å²) in [6.45, 7) is 2.48. The molecule has 0 saturated heterocycles. The highest BCUT2D eigenvalue weighted by atomic mass is 16.2. The van der Waals surface area contributed by atoms with E-state index in [9.17, 15) is 4.79 Å². The van der Waals surface area contributed by atoms with E-state index in [1.807, 2.05) is 49.4 Å². The van der Waals surface area contributed by atoms with Crippen molar-refractivity contribution >= 4 is 5.91 Å². The summed E-state index contributed by atoms with van der Waals surface area (Å²) in [6.07, 6.45) is 0. The van der Waals surface area contributed by atoms with Gasteiger partial charge in [-0.2, -0.15) is 0 Å². The summed E-state index contributed by atoms with van der Waals surface area (Å²) in [6, 6.07) is 15.4. The van der Waals surface area contributed by atoms with E-state index in [1.165, 1.54) is 0 Å². The summed E-state index contributed by atoms with van der Waals surface area (Å²) in [5, 5.41) is 0. The van der Waals surface area contributed by atoms with Gasteiger partial charge in [-0.15, -0.1) is 0 Å². The predicted molar refractivity (Wildman–Crippen MR) is 71.2 cm³/mol. The van der Waals surface area contributed by atoms with Crippen LogP contribution in [0.4, 0.5) is 0 Å². The van der Waals surface area contributed by atoms with E-state index >= 15 is 0 Å². The van der Waals surface area contributed by atoms with Crippen molar-refractivity contribution in [2.45, 2.75) is 13.5 Å². The van der Waals surface area contributed by atoms with Crippen LogP contribution in [0, 0.1) is 6.92 Å². The van der Waals surface area contributed by atoms with E-state index in [-0.39, 0.29) is 5.91 Å². The van der Waals surface area contributed by atoms with Crippen molar-refractivity contribution in [2.75, 3.05) is 7.05 Å². The van der Waals surface area contributed by atoms with Gasteiger partial charge in [0.2, 0.25) is 0 Å². The topological polar surface area (TPSA) is 33.2 Å². The molecule has 0 bridgehead atoms. The largest absolute Gasteiger partial charge is 0.336 e. The van der Waals surface area contributed by atoms with Crippen molar-refractivity contribution in [1.29, 1.82) is 0 Å². The van der Waals surface area contributed by atoms with Crippen LogP contribution < -0.4 is 0 Å². The average molecular weight is 240 g/mol. The lowest BCUT2D eigenvalue weighted by atomic mass is 10.2. The molecule has 1 amide bonds. The van der Waals surface area contributed by atoms with Gasteiger partial charge >= 0.3 is 0 Å². The van der Waals surface area contributed by atoms with Crippen molar-refractivity contribution < 1.29 is 4.79 Å². The lowest BCUT2D eigenvalue weighted by Gasteiger charge is -2.16. The molecule has 2 aromatic rings. The Morgan fingerprint density at radius 3 is 2.50 bits per heavy atom. The van der Waals surface area contributed by atoms with Crippen molar-refractivity contribution in [1.82, 2.24) is 9.88 Å². The van der Waals surface area contributed by atoms with E-state index < -0.39 is 0 Å². The Balaban J connectivity index is 2.10. The van der Waals surface area contributed by atoms with Crippen molar-refractivity contribution in [2.24, 2.45) is 0 Å². The highest BCUT2D eigenvalue weighted by Gasteiger charge is 2.13. The van der Waals surface area contributed by atoms with E-state index in [0.717, 1.165) is 11.3 Å². The van der Waals surface area contributed by atoms with Gasteiger partial charge in [0.05, 0.1) is 0 Å². The molecule has 0 N–H and O–H groups in total. The van der Waals surface area contributed by atoms with Crippen LogP contribution in [0.15, 0.2) is 48.5 Å². The van der Waals surface area contributed by atoms with Crippen LogP contribution in [0.3, 0.4) is 0 Å². The Morgan fingerprint density at radius 1 is 1.11 bits per heavy atom. The zero-order valence-corrected chi connectivity index (χ0v) is 10.6. The number of aryl methyl sites for hydroxylation is 1. The Bertz CT molecular complexity index is 537. The fourth-order valence-corrected chi connectivity index (χ4v) is 1.79. The minimum atomic E-state index is -0.0532. The number of hydrogen-bond donors (Lipinski definition) is 0. The van der Waals surface area contributed by atoms with E-state index in [2.05, 4.69) is 4.98 Å². The maximum Gasteiger partial charge on any atom is 0.272 e. The summed E-state index contributed by atoms with van der Waals surface area (Å²) in [4.78, 5) is 18.1. The molecule has 0 saturated carbocycles. The molecular weight excluding hydrogens is 224 g/mol. The Morgan fingerprint density at radius 2 is 1.83 bits per heavy atom. The second kappa shape index (κ2) is 5.45. The number of hydrogen-bond acceptors (Lipinski definition) is 2. The number of pyridine rings is 1. The van der Waals surface area contributed by atoms with Gasteiger partial charge in [-0.1, -0.05) is 36.4 Å². The van der Waals surface area contributed by atoms with Crippen LogP contribution in [-0.4, -0.2) is 22.8 Å². The molecule has 0 aliphatic heterocycles. The van der Waals surface area contributed by atoms with Crippen molar-refractivity contribution in [3.63, 3.8) is 0 Å². The lowest BCUT2D eigenvalue weighted by molar-refractivity contribution is 0.0779.